The molecule has 2 amide bonds. The predicted octanol–water partition coefficient (Wildman–Crippen LogP) is 2.51. The molecule has 0 saturated heterocycles. The second kappa shape index (κ2) is 5.26. The summed E-state index contributed by atoms with van der Waals surface area (Å²) < 4.78 is 0. The van der Waals surface area contributed by atoms with Gasteiger partial charge in [-0.2, -0.15) is 5.10 Å². The molecule has 4 rings (SSSR count). The number of hydrazone groups is 1. The highest BCUT2D eigenvalue weighted by atomic mass is 16.2. The van der Waals surface area contributed by atoms with E-state index in [0.29, 0.717) is 6.54 Å². The largest absolute Gasteiger partial charge is 0.335 e. The van der Waals surface area contributed by atoms with Crippen molar-refractivity contribution in [1.29, 1.82) is 0 Å². The molecule has 2 N–H and O–H groups in total. The van der Waals surface area contributed by atoms with Gasteiger partial charge in [-0.3, -0.25) is 9.98 Å². The van der Waals surface area contributed by atoms with Gasteiger partial charge in [0.15, 0.2) is 0 Å². The summed E-state index contributed by atoms with van der Waals surface area (Å²) in [6, 6.07) is 9.82. The van der Waals surface area contributed by atoms with Gasteiger partial charge >= 0.3 is 6.03 Å². The summed E-state index contributed by atoms with van der Waals surface area (Å²) in [5, 5.41) is 6.88. The van der Waals surface area contributed by atoms with Crippen LogP contribution in [0.3, 0.4) is 0 Å². The second-order valence-electron chi connectivity index (χ2n) is 6.41. The maximum absolute atomic E-state index is 11.2. The first-order chi connectivity index (χ1) is 11.6. The number of nitrogens with one attached hydrogen (secondary N) is 2. The van der Waals surface area contributed by atoms with Gasteiger partial charge in [-0.1, -0.05) is 19.9 Å². The Morgan fingerprint density at radius 3 is 2.58 bits per heavy atom. The minimum Gasteiger partial charge on any atom is -0.331 e. The van der Waals surface area contributed by atoms with Crippen LogP contribution in [-0.2, 0) is 5.41 Å². The van der Waals surface area contributed by atoms with Gasteiger partial charge < -0.3 is 5.32 Å². The van der Waals surface area contributed by atoms with E-state index >= 15 is 0 Å². The molecule has 0 bridgehead atoms. The lowest BCUT2D eigenvalue weighted by atomic mass is 9.78. The number of pyridine rings is 1. The molecular weight excluding hydrogens is 302 g/mol. The molecule has 3 heterocycles. The number of carbonyl (C=O) groups excluding carboxylic acids is 1. The van der Waals surface area contributed by atoms with Gasteiger partial charge in [0.05, 0.1) is 23.7 Å². The van der Waals surface area contributed by atoms with Crippen LogP contribution in [0.4, 0.5) is 10.5 Å². The number of aromatic nitrogens is 1. The van der Waals surface area contributed by atoms with Crippen LogP contribution >= 0.6 is 0 Å². The van der Waals surface area contributed by atoms with Gasteiger partial charge in [-0.15, -0.1) is 0 Å². The van der Waals surface area contributed by atoms with Crippen LogP contribution in [-0.4, -0.2) is 29.0 Å². The SMILES string of the molecule is CC1(C)C(c2ccncc2)=Nc2ccc(C3=NNC(=O)NC3)cc21. The Morgan fingerprint density at radius 1 is 1.08 bits per heavy atom. The molecule has 2 aromatic rings. The van der Waals surface area contributed by atoms with Gasteiger partial charge in [0, 0.05) is 23.4 Å². The van der Waals surface area contributed by atoms with E-state index in [4.69, 9.17) is 4.99 Å². The molecular formula is C18H17N5O. The topological polar surface area (TPSA) is 78.7 Å². The Morgan fingerprint density at radius 2 is 1.88 bits per heavy atom. The maximum Gasteiger partial charge on any atom is 0.335 e. The number of urea groups is 1. The van der Waals surface area contributed by atoms with Crippen LogP contribution in [0.2, 0.25) is 0 Å². The summed E-state index contributed by atoms with van der Waals surface area (Å²) in [5.74, 6) is 0. The van der Waals surface area contributed by atoms with E-state index in [2.05, 4.69) is 40.7 Å². The fourth-order valence-electron chi connectivity index (χ4n) is 3.16. The van der Waals surface area contributed by atoms with Crippen molar-refractivity contribution in [3.8, 4) is 0 Å². The van der Waals surface area contributed by atoms with Crippen molar-refractivity contribution in [2.24, 2.45) is 10.1 Å². The van der Waals surface area contributed by atoms with Crippen LogP contribution in [0.1, 0.15) is 30.5 Å². The zero-order valence-electron chi connectivity index (χ0n) is 13.5. The molecule has 2 aliphatic heterocycles. The van der Waals surface area contributed by atoms with E-state index in [1.54, 1.807) is 12.4 Å². The lowest BCUT2D eigenvalue weighted by molar-refractivity contribution is 0.241. The maximum atomic E-state index is 11.2. The third kappa shape index (κ3) is 2.27. The Bertz CT molecular complexity index is 884. The molecule has 0 saturated carbocycles. The molecule has 0 unspecified atom stereocenters. The minimum atomic E-state index is -0.274. The number of fused-ring (bicyclic) bond motifs is 1. The molecule has 1 aromatic heterocycles. The lowest BCUT2D eigenvalue weighted by Gasteiger charge is -2.23. The summed E-state index contributed by atoms with van der Waals surface area (Å²) in [6.07, 6.45) is 3.57. The second-order valence-corrected chi connectivity index (χ2v) is 6.41. The summed E-state index contributed by atoms with van der Waals surface area (Å²) >= 11 is 0. The van der Waals surface area contributed by atoms with Crippen LogP contribution < -0.4 is 10.7 Å². The number of benzene rings is 1. The van der Waals surface area contributed by atoms with Gasteiger partial charge in [0.1, 0.15) is 0 Å². The quantitative estimate of drug-likeness (QED) is 0.892. The molecule has 24 heavy (non-hydrogen) atoms. The molecule has 1 aromatic carbocycles. The first kappa shape index (κ1) is 14.6. The highest BCUT2D eigenvalue weighted by Crippen LogP contribution is 2.42. The van der Waals surface area contributed by atoms with Crippen LogP contribution in [0.25, 0.3) is 0 Å². The Kier molecular flexibility index (Phi) is 3.19. The van der Waals surface area contributed by atoms with Crippen molar-refractivity contribution in [2.45, 2.75) is 19.3 Å². The molecule has 120 valence electrons. The van der Waals surface area contributed by atoms with Crippen molar-refractivity contribution in [3.63, 3.8) is 0 Å². The Labute approximate surface area is 139 Å². The monoisotopic (exact) mass is 319 g/mol. The highest BCUT2D eigenvalue weighted by molar-refractivity contribution is 6.13. The summed E-state index contributed by atoms with van der Waals surface area (Å²) in [4.78, 5) is 20.1. The lowest BCUT2D eigenvalue weighted by Crippen LogP contribution is -2.42. The minimum absolute atomic E-state index is 0.210. The average Bonchev–Trinajstić information content (AvgIpc) is 2.87. The number of carbonyl (C=O) groups is 1. The summed E-state index contributed by atoms with van der Waals surface area (Å²) in [7, 11) is 0. The summed E-state index contributed by atoms with van der Waals surface area (Å²) in [5.41, 5.74) is 8.29. The van der Waals surface area contributed by atoms with Crippen molar-refractivity contribution < 1.29 is 4.79 Å². The van der Waals surface area contributed by atoms with Crippen molar-refractivity contribution in [2.75, 3.05) is 6.54 Å². The van der Waals surface area contributed by atoms with E-state index in [9.17, 15) is 4.79 Å². The number of rotatable bonds is 2. The van der Waals surface area contributed by atoms with E-state index in [-0.39, 0.29) is 11.4 Å². The number of hydrogen-bond acceptors (Lipinski definition) is 4. The highest BCUT2D eigenvalue weighted by Gasteiger charge is 2.36. The molecule has 0 spiro atoms. The Hall–Kier alpha value is -3.02. The molecule has 0 fully saturated rings. The fraction of sp³-hybridized carbons (Fsp3) is 0.222. The van der Waals surface area contributed by atoms with E-state index in [1.165, 1.54) is 0 Å². The molecule has 6 heteroatoms. The van der Waals surface area contributed by atoms with Crippen molar-refractivity contribution in [3.05, 3.63) is 59.4 Å². The molecule has 2 aliphatic rings. The molecule has 6 nitrogen and oxygen atoms in total. The number of aliphatic imine (C=N–C) groups is 1. The van der Waals surface area contributed by atoms with Crippen LogP contribution in [0.5, 0.6) is 0 Å². The van der Waals surface area contributed by atoms with Gasteiger partial charge in [0.2, 0.25) is 0 Å². The predicted molar refractivity (Wildman–Crippen MR) is 93.0 cm³/mol. The smallest absolute Gasteiger partial charge is 0.331 e. The third-order valence-corrected chi connectivity index (χ3v) is 4.49. The molecule has 0 radical (unpaired) electrons. The van der Waals surface area contributed by atoms with Crippen molar-refractivity contribution >= 4 is 23.1 Å². The van der Waals surface area contributed by atoms with E-state index < -0.39 is 0 Å². The van der Waals surface area contributed by atoms with Crippen molar-refractivity contribution in [1.82, 2.24) is 15.7 Å². The normalized spacial score (nSPS) is 18.2. The first-order valence-electron chi connectivity index (χ1n) is 7.80. The van der Waals surface area contributed by atoms with Crippen LogP contribution in [0, 0.1) is 0 Å². The molecule has 0 aliphatic carbocycles. The number of hydrogen-bond donors (Lipinski definition) is 2. The van der Waals surface area contributed by atoms with Gasteiger partial charge in [-0.25, -0.2) is 10.2 Å². The number of nitrogens with zero attached hydrogens (tertiary/aromatic N) is 3. The average molecular weight is 319 g/mol. The van der Waals surface area contributed by atoms with E-state index in [0.717, 1.165) is 33.8 Å². The zero-order valence-corrected chi connectivity index (χ0v) is 13.5. The Balaban J connectivity index is 1.74. The first-order valence-corrected chi connectivity index (χ1v) is 7.80. The standard InChI is InChI=1S/C18H17N5O/c1-18(2)13-9-12(15-10-20-17(24)23-22-15)3-4-14(13)21-16(18)11-5-7-19-8-6-11/h3-9H,10H2,1-2H3,(H2,20,23,24). The summed E-state index contributed by atoms with van der Waals surface area (Å²) in [6.45, 7) is 4.76. The number of amides is 2. The third-order valence-electron chi connectivity index (χ3n) is 4.49. The van der Waals surface area contributed by atoms with Crippen LogP contribution in [0.15, 0.2) is 52.8 Å². The van der Waals surface area contributed by atoms with Gasteiger partial charge in [-0.05, 0) is 35.4 Å². The fourth-order valence-corrected chi connectivity index (χ4v) is 3.16. The van der Waals surface area contributed by atoms with Gasteiger partial charge in [0.25, 0.3) is 0 Å². The zero-order chi connectivity index (χ0) is 16.7. The van der Waals surface area contributed by atoms with E-state index in [1.807, 2.05) is 24.3 Å². The molecule has 0 atom stereocenters.